The molecule has 0 bridgehead atoms. The van der Waals surface area contributed by atoms with Crippen molar-refractivity contribution in [1.82, 2.24) is 29.5 Å². The molecule has 0 spiro atoms. The molecule has 0 saturated carbocycles. The van der Waals surface area contributed by atoms with Crippen molar-refractivity contribution in [3.63, 3.8) is 0 Å². The number of piperazine rings is 1. The number of anilines is 3. The maximum atomic E-state index is 6.53. The number of fused-ring (bicyclic) bond motifs is 2. The molecule has 0 radical (unpaired) electrons. The average Bonchev–Trinajstić information content (AvgIpc) is 3.41. The summed E-state index contributed by atoms with van der Waals surface area (Å²) in [5, 5.41) is 13.1. The van der Waals surface area contributed by atoms with Crippen molar-refractivity contribution in [3.8, 4) is 11.3 Å². The van der Waals surface area contributed by atoms with E-state index in [9.17, 15) is 0 Å². The van der Waals surface area contributed by atoms with Gasteiger partial charge in [0.25, 0.3) is 0 Å². The number of imidazole rings is 1. The number of nitrogens with one attached hydrogen (secondary N) is 2. The molecule has 4 heterocycles. The van der Waals surface area contributed by atoms with E-state index < -0.39 is 0 Å². The second-order valence-corrected chi connectivity index (χ2v) is 9.75. The number of H-pyrrole nitrogens is 1. The Morgan fingerprint density at radius 1 is 1.03 bits per heavy atom. The largest absolute Gasteiger partial charge is 0.353 e. The maximum absolute atomic E-state index is 6.53. The fraction of sp³-hybridized carbons (Fsp3) is 0.240. The number of hydrogen-bond acceptors (Lipinski definition) is 6. The van der Waals surface area contributed by atoms with Crippen LogP contribution in [0.5, 0.6) is 0 Å². The van der Waals surface area contributed by atoms with Gasteiger partial charge in [0.15, 0.2) is 5.65 Å². The average molecular weight is 507 g/mol. The Bertz CT molecular complexity index is 1550. The van der Waals surface area contributed by atoms with Crippen molar-refractivity contribution < 1.29 is 0 Å². The van der Waals surface area contributed by atoms with E-state index in [-0.39, 0.29) is 0 Å². The summed E-state index contributed by atoms with van der Waals surface area (Å²) in [6.07, 6.45) is 3.86. The molecule has 0 aliphatic carbocycles. The van der Waals surface area contributed by atoms with Gasteiger partial charge in [-0.2, -0.15) is 5.10 Å². The number of aromatic nitrogens is 5. The van der Waals surface area contributed by atoms with Crippen molar-refractivity contribution in [3.05, 3.63) is 64.5 Å². The number of halogens is 2. The van der Waals surface area contributed by atoms with Crippen LogP contribution >= 0.6 is 23.2 Å². The van der Waals surface area contributed by atoms with E-state index in [1.165, 1.54) is 0 Å². The molecule has 8 nitrogen and oxygen atoms in total. The number of benzene rings is 2. The minimum absolute atomic E-state index is 0.574. The lowest BCUT2D eigenvalue weighted by atomic mass is 10.1. The molecule has 1 saturated heterocycles. The highest BCUT2D eigenvalue weighted by atomic mass is 35.5. The summed E-state index contributed by atoms with van der Waals surface area (Å²) >= 11 is 12.8. The zero-order valence-electron chi connectivity index (χ0n) is 19.4. The molecule has 1 aliphatic rings. The summed E-state index contributed by atoms with van der Waals surface area (Å²) < 4.78 is 2.04. The first kappa shape index (κ1) is 22.2. The molecule has 178 valence electrons. The van der Waals surface area contributed by atoms with Crippen LogP contribution in [0.2, 0.25) is 10.0 Å². The molecule has 0 amide bonds. The van der Waals surface area contributed by atoms with E-state index in [4.69, 9.17) is 33.2 Å². The van der Waals surface area contributed by atoms with Crippen LogP contribution in [0.15, 0.2) is 48.8 Å². The van der Waals surface area contributed by atoms with Crippen molar-refractivity contribution in [2.75, 3.05) is 43.4 Å². The number of likely N-dealkylation sites (N-methyl/N-ethyl adjacent to an activating group) is 1. The molecule has 3 aromatic heterocycles. The van der Waals surface area contributed by atoms with Crippen LogP contribution < -0.4 is 10.2 Å². The predicted molar refractivity (Wildman–Crippen MR) is 142 cm³/mol. The minimum atomic E-state index is 0.574. The Morgan fingerprint density at radius 2 is 1.86 bits per heavy atom. The Morgan fingerprint density at radius 3 is 2.69 bits per heavy atom. The van der Waals surface area contributed by atoms with Crippen LogP contribution in [0.3, 0.4) is 0 Å². The quantitative estimate of drug-likeness (QED) is 0.340. The van der Waals surface area contributed by atoms with Gasteiger partial charge in [0.05, 0.1) is 28.6 Å². The molecule has 5 aromatic rings. The van der Waals surface area contributed by atoms with Gasteiger partial charge in [-0.25, -0.2) is 9.97 Å². The summed E-state index contributed by atoms with van der Waals surface area (Å²) in [5.41, 5.74) is 5.13. The van der Waals surface area contributed by atoms with Crippen LogP contribution in [0.25, 0.3) is 27.8 Å². The minimum Gasteiger partial charge on any atom is -0.353 e. The Balaban J connectivity index is 1.52. The van der Waals surface area contributed by atoms with E-state index in [1.807, 2.05) is 41.9 Å². The molecule has 10 heteroatoms. The van der Waals surface area contributed by atoms with Gasteiger partial charge in [-0.1, -0.05) is 29.3 Å². The topological polar surface area (TPSA) is 77.4 Å². The Hall–Kier alpha value is -3.33. The molecular formula is C25H24Cl2N8. The lowest BCUT2D eigenvalue weighted by Crippen LogP contribution is -2.44. The van der Waals surface area contributed by atoms with E-state index in [0.717, 1.165) is 71.3 Å². The zero-order valence-corrected chi connectivity index (χ0v) is 20.9. The molecule has 1 aliphatic heterocycles. The molecule has 2 N–H and O–H groups in total. The standard InChI is InChI=1S/C25H24Cl2N8/c1-15-18-11-16(3-6-20(18)32-31-15)24-25(29-21-12-17(26)4-5-19(21)27)35-14-23(28-13-22(35)30-24)34-9-7-33(2)8-10-34/h3-6,11-14,29H,7-10H2,1-2H3,(H,31,32). The second kappa shape index (κ2) is 8.71. The molecule has 0 atom stereocenters. The Kier molecular flexibility index (Phi) is 5.51. The van der Waals surface area contributed by atoms with E-state index in [1.54, 1.807) is 12.1 Å². The van der Waals surface area contributed by atoms with E-state index >= 15 is 0 Å². The number of nitrogens with zero attached hydrogens (tertiary/aromatic N) is 6. The zero-order chi connectivity index (χ0) is 24.1. The summed E-state index contributed by atoms with van der Waals surface area (Å²) in [7, 11) is 2.14. The molecule has 35 heavy (non-hydrogen) atoms. The molecule has 0 unspecified atom stereocenters. The van der Waals surface area contributed by atoms with Crippen LogP contribution in [0.4, 0.5) is 17.3 Å². The van der Waals surface area contributed by atoms with Gasteiger partial charge in [0.1, 0.15) is 17.3 Å². The fourth-order valence-corrected chi connectivity index (χ4v) is 4.81. The third kappa shape index (κ3) is 4.07. The third-order valence-electron chi connectivity index (χ3n) is 6.52. The number of rotatable bonds is 4. The number of aryl methyl sites for hydroxylation is 1. The van der Waals surface area contributed by atoms with Gasteiger partial charge in [-0.05, 0) is 44.3 Å². The monoisotopic (exact) mass is 506 g/mol. The summed E-state index contributed by atoms with van der Waals surface area (Å²) in [5.74, 6) is 1.71. The normalized spacial score (nSPS) is 14.8. The molecular weight excluding hydrogens is 483 g/mol. The smallest absolute Gasteiger partial charge is 0.157 e. The highest BCUT2D eigenvalue weighted by Crippen LogP contribution is 2.36. The van der Waals surface area contributed by atoms with Gasteiger partial charge in [-0.3, -0.25) is 9.50 Å². The maximum Gasteiger partial charge on any atom is 0.157 e. The first-order valence-electron chi connectivity index (χ1n) is 11.4. The Labute approximate surface area is 212 Å². The fourth-order valence-electron chi connectivity index (χ4n) is 4.47. The second-order valence-electron chi connectivity index (χ2n) is 8.90. The summed E-state index contributed by atoms with van der Waals surface area (Å²) in [6.45, 7) is 5.87. The van der Waals surface area contributed by atoms with Crippen LogP contribution in [-0.4, -0.2) is 62.7 Å². The molecule has 6 rings (SSSR count). The van der Waals surface area contributed by atoms with Gasteiger partial charge in [0.2, 0.25) is 0 Å². The highest BCUT2D eigenvalue weighted by molar-refractivity contribution is 6.35. The first-order valence-corrected chi connectivity index (χ1v) is 12.2. The van der Waals surface area contributed by atoms with Crippen molar-refractivity contribution in [2.45, 2.75) is 6.92 Å². The van der Waals surface area contributed by atoms with E-state index in [2.05, 4.69) is 38.4 Å². The first-order chi connectivity index (χ1) is 17.0. The highest BCUT2D eigenvalue weighted by Gasteiger charge is 2.20. The van der Waals surface area contributed by atoms with E-state index in [0.29, 0.717) is 15.7 Å². The lowest BCUT2D eigenvalue weighted by Gasteiger charge is -2.33. The van der Waals surface area contributed by atoms with Crippen molar-refractivity contribution in [1.29, 1.82) is 0 Å². The third-order valence-corrected chi connectivity index (χ3v) is 7.09. The molecule has 1 fully saturated rings. The van der Waals surface area contributed by atoms with Gasteiger partial charge in [0, 0.05) is 47.8 Å². The van der Waals surface area contributed by atoms with Crippen molar-refractivity contribution >= 4 is 57.1 Å². The van der Waals surface area contributed by atoms with Crippen LogP contribution in [-0.2, 0) is 0 Å². The van der Waals surface area contributed by atoms with Crippen molar-refractivity contribution in [2.24, 2.45) is 0 Å². The summed E-state index contributed by atoms with van der Waals surface area (Å²) in [6, 6.07) is 11.5. The number of aromatic amines is 1. The molecule has 2 aromatic carbocycles. The summed E-state index contributed by atoms with van der Waals surface area (Å²) in [4.78, 5) is 14.3. The number of hydrogen-bond donors (Lipinski definition) is 2. The van der Waals surface area contributed by atoms with Gasteiger partial charge >= 0.3 is 0 Å². The SMILES string of the molecule is Cc1[nH]nc2ccc(-c3nc4cnc(N5CCN(C)CC5)cn4c3Nc3cc(Cl)ccc3Cl)cc12. The predicted octanol–water partition coefficient (Wildman–Crippen LogP) is 5.38. The van der Waals surface area contributed by atoms with Gasteiger partial charge < -0.3 is 15.1 Å². The van der Waals surface area contributed by atoms with Crippen LogP contribution in [0.1, 0.15) is 5.69 Å². The lowest BCUT2D eigenvalue weighted by molar-refractivity contribution is 0.312. The van der Waals surface area contributed by atoms with Crippen LogP contribution in [0, 0.1) is 6.92 Å². The van der Waals surface area contributed by atoms with Gasteiger partial charge in [-0.15, -0.1) is 0 Å².